The first-order valence-electron chi connectivity index (χ1n) is 5.69. The summed E-state index contributed by atoms with van der Waals surface area (Å²) in [7, 11) is -6.94. The minimum Gasteiger partial charge on any atom is -0.480 e. The van der Waals surface area contributed by atoms with Gasteiger partial charge in [0.1, 0.15) is 6.04 Å². The van der Waals surface area contributed by atoms with Crippen molar-refractivity contribution in [3.63, 3.8) is 0 Å². The number of alkyl halides is 9. The van der Waals surface area contributed by atoms with Gasteiger partial charge in [0.25, 0.3) is 10.0 Å². The molecule has 0 aliphatic carbocycles. The van der Waals surface area contributed by atoms with Gasteiger partial charge in [-0.05, 0) is 5.92 Å². The Morgan fingerprint density at radius 2 is 1.29 bits per heavy atom. The van der Waals surface area contributed by atoms with Crippen LogP contribution in [0.25, 0.3) is 0 Å². The van der Waals surface area contributed by atoms with Gasteiger partial charge >= 0.3 is 29.2 Å². The summed E-state index contributed by atoms with van der Waals surface area (Å²) in [5.74, 6) is -18.3. The molecule has 1 unspecified atom stereocenters. The van der Waals surface area contributed by atoms with Crippen LogP contribution in [-0.2, 0) is 14.8 Å². The second-order valence-electron chi connectivity index (χ2n) is 4.84. The molecule has 0 bridgehead atoms. The minimum atomic E-state index is -7.41. The van der Waals surface area contributed by atoms with Crippen molar-refractivity contribution in [2.45, 2.75) is 43.2 Å². The Hall–Kier alpha value is -1.25. The van der Waals surface area contributed by atoms with Crippen LogP contribution in [-0.4, -0.2) is 48.8 Å². The zero-order valence-electron chi connectivity index (χ0n) is 11.6. The first-order valence-corrected chi connectivity index (χ1v) is 7.17. The van der Waals surface area contributed by atoms with Gasteiger partial charge in [0.2, 0.25) is 0 Å². The number of carbonyl (C=O) groups is 1. The molecule has 0 spiro atoms. The van der Waals surface area contributed by atoms with Crippen LogP contribution in [0.1, 0.15) is 13.8 Å². The highest BCUT2D eigenvalue weighted by molar-refractivity contribution is 7.90. The summed E-state index contributed by atoms with van der Waals surface area (Å²) >= 11 is 0. The number of carboxylic acid groups (broad SMARTS) is 1. The van der Waals surface area contributed by atoms with Gasteiger partial charge in [0.15, 0.2) is 0 Å². The molecule has 0 saturated carbocycles. The number of rotatable bonds is 7. The number of hydrogen-bond acceptors (Lipinski definition) is 3. The monoisotopic (exact) mass is 399 g/mol. The summed E-state index contributed by atoms with van der Waals surface area (Å²) in [6.45, 7) is 1.86. The highest BCUT2D eigenvalue weighted by Crippen LogP contribution is 2.54. The fraction of sp³-hybridized carbons (Fsp3) is 0.889. The van der Waals surface area contributed by atoms with Crippen LogP contribution < -0.4 is 4.72 Å². The van der Waals surface area contributed by atoms with Crippen LogP contribution in [0.2, 0.25) is 0 Å². The maximum atomic E-state index is 13.3. The molecule has 0 fully saturated rings. The summed E-state index contributed by atoms with van der Waals surface area (Å²) in [4.78, 5) is 10.7. The smallest absolute Gasteiger partial charge is 0.460 e. The van der Waals surface area contributed by atoms with E-state index in [1.165, 1.54) is 0 Å². The van der Waals surface area contributed by atoms with E-state index in [0.717, 1.165) is 13.8 Å². The third-order valence-corrected chi connectivity index (χ3v) is 4.16. The largest absolute Gasteiger partial charge is 0.480 e. The van der Waals surface area contributed by atoms with Gasteiger partial charge in [-0.25, -0.2) is 8.42 Å². The van der Waals surface area contributed by atoms with E-state index >= 15 is 0 Å². The fourth-order valence-electron chi connectivity index (χ4n) is 1.24. The molecular weight excluding hydrogens is 389 g/mol. The third-order valence-electron chi connectivity index (χ3n) is 2.67. The van der Waals surface area contributed by atoms with Crippen molar-refractivity contribution in [3.8, 4) is 0 Å². The van der Waals surface area contributed by atoms with Crippen molar-refractivity contribution in [2.75, 3.05) is 0 Å². The molecule has 2 N–H and O–H groups in total. The zero-order chi connectivity index (χ0) is 19.9. The quantitative estimate of drug-likeness (QED) is 0.645. The van der Waals surface area contributed by atoms with Crippen molar-refractivity contribution in [3.05, 3.63) is 0 Å². The molecule has 0 saturated heterocycles. The maximum Gasteiger partial charge on any atom is 0.460 e. The van der Waals surface area contributed by atoms with Crippen LogP contribution in [0.5, 0.6) is 0 Å². The third kappa shape index (κ3) is 3.55. The molecule has 0 heterocycles. The second-order valence-corrected chi connectivity index (χ2v) is 6.60. The summed E-state index contributed by atoms with van der Waals surface area (Å²) in [5, 5.41) is 1.61. The van der Waals surface area contributed by atoms with E-state index in [-0.39, 0.29) is 0 Å². The lowest BCUT2D eigenvalue weighted by molar-refractivity contribution is -0.382. The molecule has 24 heavy (non-hydrogen) atoms. The molecule has 0 radical (unpaired) electrons. The van der Waals surface area contributed by atoms with Crippen LogP contribution in [0.3, 0.4) is 0 Å². The average Bonchev–Trinajstić information content (AvgIpc) is 2.33. The highest BCUT2D eigenvalue weighted by Gasteiger charge is 2.85. The van der Waals surface area contributed by atoms with E-state index in [1.54, 1.807) is 0 Å². The number of hydrogen-bond donors (Lipinski definition) is 2. The van der Waals surface area contributed by atoms with Gasteiger partial charge in [0, 0.05) is 0 Å². The molecule has 15 heteroatoms. The van der Waals surface area contributed by atoms with Crippen LogP contribution >= 0.6 is 0 Å². The van der Waals surface area contributed by atoms with Gasteiger partial charge < -0.3 is 5.11 Å². The van der Waals surface area contributed by atoms with Crippen molar-refractivity contribution < 1.29 is 57.8 Å². The van der Waals surface area contributed by atoms with Crippen LogP contribution in [0, 0.1) is 5.92 Å². The summed E-state index contributed by atoms with van der Waals surface area (Å²) in [5.41, 5.74) is 0. The van der Waals surface area contributed by atoms with Crippen molar-refractivity contribution in [2.24, 2.45) is 5.92 Å². The second kappa shape index (κ2) is 6.24. The topological polar surface area (TPSA) is 83.5 Å². The normalized spacial score (nSPS) is 16.3. The molecule has 0 aromatic carbocycles. The molecule has 0 aromatic rings. The predicted octanol–water partition coefficient (Wildman–Crippen LogP) is 2.44. The molecule has 144 valence electrons. The standard InChI is InChI=1S/C9H10F9NO4S/c1-3(2)4(5(20)21)19-24(22,23)9(17,18)7(12,13)6(10,11)8(14,15)16/h3-4,19H,1-2H3,(H,20,21). The molecule has 0 amide bonds. The lowest BCUT2D eigenvalue weighted by Gasteiger charge is -2.33. The number of nitrogens with one attached hydrogen (secondary N) is 1. The Kier molecular flexibility index (Phi) is 5.91. The van der Waals surface area contributed by atoms with E-state index in [1.807, 2.05) is 0 Å². The SMILES string of the molecule is CC(C)C(NS(=O)(=O)C(F)(F)C(F)(F)C(F)(F)C(F)(F)F)C(=O)O. The van der Waals surface area contributed by atoms with Gasteiger partial charge in [-0.1, -0.05) is 13.8 Å². The minimum absolute atomic E-state index is 0.504. The number of carboxylic acids is 1. The van der Waals surface area contributed by atoms with Crippen LogP contribution in [0.4, 0.5) is 39.5 Å². The Morgan fingerprint density at radius 3 is 1.54 bits per heavy atom. The van der Waals surface area contributed by atoms with Gasteiger partial charge in [-0.3, -0.25) is 4.79 Å². The lowest BCUT2D eigenvalue weighted by atomic mass is 10.1. The first kappa shape index (κ1) is 22.8. The molecule has 0 aliphatic rings. The van der Waals surface area contributed by atoms with Crippen molar-refractivity contribution >= 4 is 16.0 Å². The first-order chi connectivity index (χ1) is 10.2. The average molecular weight is 399 g/mol. The Bertz CT molecular complexity index is 584. The molecule has 0 rings (SSSR count). The van der Waals surface area contributed by atoms with E-state index in [2.05, 4.69) is 0 Å². The zero-order valence-corrected chi connectivity index (χ0v) is 12.5. The molecular formula is C9H10F9NO4S. The predicted molar refractivity (Wildman–Crippen MR) is 59.2 cm³/mol. The number of aliphatic carboxylic acids is 1. The van der Waals surface area contributed by atoms with E-state index in [9.17, 15) is 52.7 Å². The lowest BCUT2D eigenvalue weighted by Crippen LogP contribution is -2.66. The van der Waals surface area contributed by atoms with E-state index in [4.69, 9.17) is 5.11 Å². The number of halogens is 9. The van der Waals surface area contributed by atoms with E-state index < -0.39 is 51.2 Å². The van der Waals surface area contributed by atoms with E-state index in [0.29, 0.717) is 4.72 Å². The highest BCUT2D eigenvalue weighted by atomic mass is 32.2. The van der Waals surface area contributed by atoms with Gasteiger partial charge in [0.05, 0.1) is 0 Å². The summed E-state index contributed by atoms with van der Waals surface area (Å²) < 4.78 is 137. The molecule has 0 aliphatic heterocycles. The van der Waals surface area contributed by atoms with Crippen molar-refractivity contribution in [1.82, 2.24) is 4.72 Å². The van der Waals surface area contributed by atoms with Crippen molar-refractivity contribution in [1.29, 1.82) is 0 Å². The fourth-order valence-corrected chi connectivity index (χ4v) is 2.56. The molecule has 0 aromatic heterocycles. The summed E-state index contributed by atoms with van der Waals surface area (Å²) in [6.07, 6.45) is -7.19. The molecule has 1 atom stereocenters. The Labute approximate surface area is 128 Å². The van der Waals surface area contributed by atoms with Crippen LogP contribution in [0.15, 0.2) is 0 Å². The maximum absolute atomic E-state index is 13.3. The van der Waals surface area contributed by atoms with Gasteiger partial charge in [-0.2, -0.15) is 44.2 Å². The Morgan fingerprint density at radius 1 is 0.917 bits per heavy atom. The summed E-state index contributed by atoms with van der Waals surface area (Å²) in [6, 6.07) is -2.48. The van der Waals surface area contributed by atoms with Gasteiger partial charge in [-0.15, -0.1) is 0 Å². The number of sulfonamides is 1. The Balaban J connectivity index is 6.08. The molecule has 5 nitrogen and oxygen atoms in total.